The second-order valence-electron chi connectivity index (χ2n) is 4.37. The van der Waals surface area contributed by atoms with Crippen LogP contribution in [0.4, 0.5) is 0 Å². The minimum atomic E-state index is -0.351. The monoisotopic (exact) mass is 253 g/mol. The molecule has 1 N–H and O–H groups in total. The molecule has 0 spiro atoms. The smallest absolute Gasteiger partial charge is 0.121 e. The van der Waals surface area contributed by atoms with Crippen molar-refractivity contribution < 1.29 is 5.11 Å². The SMILES string of the molecule is C=CCCCCCCCCC(O)c1nccs1. The van der Waals surface area contributed by atoms with Crippen molar-refractivity contribution in [3.63, 3.8) is 0 Å². The van der Waals surface area contributed by atoms with E-state index < -0.39 is 0 Å². The maximum atomic E-state index is 9.82. The zero-order chi connectivity index (χ0) is 12.3. The van der Waals surface area contributed by atoms with E-state index in [1.54, 1.807) is 6.20 Å². The predicted molar refractivity (Wildman–Crippen MR) is 74.2 cm³/mol. The summed E-state index contributed by atoms with van der Waals surface area (Å²) in [7, 11) is 0. The first-order valence-electron chi connectivity index (χ1n) is 6.53. The predicted octanol–water partition coefficient (Wildman–Crippen LogP) is 4.48. The Bertz CT molecular complexity index is 284. The quantitative estimate of drug-likeness (QED) is 0.492. The van der Waals surface area contributed by atoms with Gasteiger partial charge in [-0.15, -0.1) is 17.9 Å². The summed E-state index contributed by atoms with van der Waals surface area (Å²) < 4.78 is 0. The summed E-state index contributed by atoms with van der Waals surface area (Å²) in [5, 5.41) is 12.6. The third-order valence-corrected chi connectivity index (χ3v) is 3.75. The van der Waals surface area contributed by atoms with Crippen LogP contribution in [0.1, 0.15) is 62.5 Å². The van der Waals surface area contributed by atoms with Gasteiger partial charge in [-0.25, -0.2) is 4.98 Å². The van der Waals surface area contributed by atoms with Crippen LogP contribution in [-0.4, -0.2) is 10.1 Å². The molecule has 0 aliphatic rings. The minimum Gasteiger partial charge on any atom is -0.386 e. The second kappa shape index (κ2) is 9.37. The first-order valence-corrected chi connectivity index (χ1v) is 7.41. The lowest BCUT2D eigenvalue weighted by molar-refractivity contribution is 0.163. The average Bonchev–Trinajstić information content (AvgIpc) is 2.86. The Morgan fingerprint density at radius 3 is 2.59 bits per heavy atom. The zero-order valence-corrected chi connectivity index (χ0v) is 11.3. The zero-order valence-electron chi connectivity index (χ0n) is 10.5. The summed E-state index contributed by atoms with van der Waals surface area (Å²) in [5.41, 5.74) is 0. The minimum absolute atomic E-state index is 0.351. The maximum Gasteiger partial charge on any atom is 0.121 e. The number of rotatable bonds is 10. The first kappa shape index (κ1) is 14.4. The Morgan fingerprint density at radius 1 is 1.24 bits per heavy atom. The van der Waals surface area contributed by atoms with Crippen molar-refractivity contribution in [1.29, 1.82) is 0 Å². The van der Waals surface area contributed by atoms with Gasteiger partial charge in [-0.05, 0) is 19.3 Å². The van der Waals surface area contributed by atoms with Crippen molar-refractivity contribution in [1.82, 2.24) is 4.98 Å². The molecule has 0 aliphatic carbocycles. The Balaban J connectivity index is 1.92. The summed E-state index contributed by atoms with van der Waals surface area (Å²) in [6, 6.07) is 0. The fourth-order valence-corrected chi connectivity index (χ4v) is 2.51. The van der Waals surface area contributed by atoms with Crippen molar-refractivity contribution in [2.45, 2.75) is 57.5 Å². The molecule has 0 amide bonds. The molecule has 0 saturated carbocycles. The number of aliphatic hydroxyl groups is 1. The summed E-state index contributed by atoms with van der Waals surface area (Å²) in [6.07, 6.45) is 12.9. The Hall–Kier alpha value is -0.670. The van der Waals surface area contributed by atoms with Crippen LogP contribution in [0.15, 0.2) is 24.2 Å². The lowest BCUT2D eigenvalue weighted by atomic mass is 10.1. The highest BCUT2D eigenvalue weighted by molar-refractivity contribution is 7.09. The molecule has 0 bridgehead atoms. The van der Waals surface area contributed by atoms with Gasteiger partial charge in [0.1, 0.15) is 11.1 Å². The first-order chi connectivity index (χ1) is 8.34. The van der Waals surface area contributed by atoms with Gasteiger partial charge in [-0.1, -0.05) is 38.2 Å². The Labute approximate surface area is 108 Å². The highest BCUT2D eigenvalue weighted by atomic mass is 32.1. The van der Waals surface area contributed by atoms with E-state index in [9.17, 15) is 5.11 Å². The van der Waals surface area contributed by atoms with Crippen molar-refractivity contribution in [3.05, 3.63) is 29.2 Å². The van der Waals surface area contributed by atoms with E-state index in [2.05, 4.69) is 11.6 Å². The molecular formula is C14H23NOS. The van der Waals surface area contributed by atoms with Crippen molar-refractivity contribution >= 4 is 11.3 Å². The largest absolute Gasteiger partial charge is 0.386 e. The molecule has 1 aromatic heterocycles. The highest BCUT2D eigenvalue weighted by Gasteiger charge is 2.08. The topological polar surface area (TPSA) is 33.1 Å². The number of unbranched alkanes of at least 4 members (excludes halogenated alkanes) is 6. The molecule has 1 heterocycles. The summed E-state index contributed by atoms with van der Waals surface area (Å²) in [5.74, 6) is 0. The maximum absolute atomic E-state index is 9.82. The molecule has 17 heavy (non-hydrogen) atoms. The van der Waals surface area contributed by atoms with Gasteiger partial charge in [0.05, 0.1) is 0 Å². The van der Waals surface area contributed by atoms with Crippen LogP contribution in [0.3, 0.4) is 0 Å². The molecule has 1 rings (SSSR count). The van der Waals surface area contributed by atoms with Gasteiger partial charge in [-0.2, -0.15) is 0 Å². The number of hydrogen-bond donors (Lipinski definition) is 1. The fourth-order valence-electron chi connectivity index (χ4n) is 1.86. The van der Waals surface area contributed by atoms with E-state index in [1.165, 1.54) is 43.4 Å². The van der Waals surface area contributed by atoms with Crippen molar-refractivity contribution in [2.75, 3.05) is 0 Å². The molecule has 0 radical (unpaired) electrons. The number of aromatic nitrogens is 1. The van der Waals surface area contributed by atoms with Crippen LogP contribution >= 0.6 is 11.3 Å². The van der Waals surface area contributed by atoms with Gasteiger partial charge in [0.25, 0.3) is 0 Å². The van der Waals surface area contributed by atoms with Crippen LogP contribution < -0.4 is 0 Å². The number of thiazole rings is 1. The van der Waals surface area contributed by atoms with E-state index in [0.29, 0.717) is 0 Å². The molecule has 1 aromatic rings. The molecule has 0 fully saturated rings. The number of hydrogen-bond acceptors (Lipinski definition) is 3. The highest BCUT2D eigenvalue weighted by Crippen LogP contribution is 2.21. The average molecular weight is 253 g/mol. The van der Waals surface area contributed by atoms with Gasteiger partial charge in [0.15, 0.2) is 0 Å². The van der Waals surface area contributed by atoms with E-state index in [-0.39, 0.29) is 6.10 Å². The van der Waals surface area contributed by atoms with Crippen molar-refractivity contribution in [2.24, 2.45) is 0 Å². The van der Waals surface area contributed by atoms with Gasteiger partial charge < -0.3 is 5.11 Å². The third kappa shape index (κ3) is 6.59. The Kier molecular flexibility index (Phi) is 7.93. The lowest BCUT2D eigenvalue weighted by Gasteiger charge is -2.06. The van der Waals surface area contributed by atoms with Crippen molar-refractivity contribution in [3.8, 4) is 0 Å². The van der Waals surface area contributed by atoms with Gasteiger partial charge in [0, 0.05) is 11.6 Å². The molecule has 0 aromatic carbocycles. The van der Waals surface area contributed by atoms with E-state index in [1.807, 2.05) is 11.5 Å². The Morgan fingerprint density at radius 2 is 1.94 bits per heavy atom. The molecular weight excluding hydrogens is 230 g/mol. The fraction of sp³-hybridized carbons (Fsp3) is 0.643. The second-order valence-corrected chi connectivity index (χ2v) is 5.30. The van der Waals surface area contributed by atoms with Gasteiger partial charge >= 0.3 is 0 Å². The molecule has 96 valence electrons. The van der Waals surface area contributed by atoms with Crippen LogP contribution in [0.2, 0.25) is 0 Å². The number of aliphatic hydroxyl groups excluding tert-OH is 1. The molecule has 0 aliphatic heterocycles. The summed E-state index contributed by atoms with van der Waals surface area (Å²) >= 11 is 1.54. The lowest BCUT2D eigenvalue weighted by Crippen LogP contribution is -1.96. The standard InChI is InChI=1S/C14H23NOS/c1-2-3-4-5-6-7-8-9-10-13(16)14-15-11-12-17-14/h2,11-13,16H,1,3-10H2. The molecule has 1 unspecified atom stereocenters. The van der Waals surface area contributed by atoms with Crippen LogP contribution in [0, 0.1) is 0 Å². The van der Waals surface area contributed by atoms with Crippen LogP contribution in [-0.2, 0) is 0 Å². The van der Waals surface area contributed by atoms with Gasteiger partial charge in [-0.3, -0.25) is 0 Å². The summed E-state index contributed by atoms with van der Waals surface area (Å²) in [4.78, 5) is 4.12. The van der Waals surface area contributed by atoms with Crippen LogP contribution in [0.25, 0.3) is 0 Å². The summed E-state index contributed by atoms with van der Waals surface area (Å²) in [6.45, 7) is 3.72. The molecule has 1 atom stereocenters. The molecule has 0 saturated heterocycles. The van der Waals surface area contributed by atoms with E-state index in [0.717, 1.165) is 24.3 Å². The van der Waals surface area contributed by atoms with Gasteiger partial charge in [0.2, 0.25) is 0 Å². The molecule has 3 heteroatoms. The molecule has 2 nitrogen and oxygen atoms in total. The normalized spacial score (nSPS) is 12.5. The van der Waals surface area contributed by atoms with E-state index >= 15 is 0 Å². The number of nitrogens with zero attached hydrogens (tertiary/aromatic N) is 1. The third-order valence-electron chi connectivity index (χ3n) is 2.87. The van der Waals surface area contributed by atoms with E-state index in [4.69, 9.17) is 0 Å². The number of allylic oxidation sites excluding steroid dienone is 1. The van der Waals surface area contributed by atoms with Crippen LogP contribution in [0.5, 0.6) is 0 Å².